The molecule has 2 amide bonds. The van der Waals surface area contributed by atoms with Crippen LogP contribution in [-0.2, 0) is 32.3 Å². The molecule has 1 atom stereocenters. The van der Waals surface area contributed by atoms with Crippen molar-refractivity contribution in [2.75, 3.05) is 47.6 Å². The monoisotopic (exact) mass is 450 g/mol. The molecule has 10 nitrogen and oxygen atoms in total. The fourth-order valence-corrected chi connectivity index (χ4v) is 4.54. The average molecular weight is 451 g/mol. The van der Waals surface area contributed by atoms with Crippen LogP contribution in [0.3, 0.4) is 0 Å². The quantitative estimate of drug-likeness (QED) is 0.216. The third-order valence-corrected chi connectivity index (χ3v) is 7.31. The van der Waals surface area contributed by atoms with Crippen molar-refractivity contribution in [1.82, 2.24) is 10.2 Å². The second-order valence-corrected chi connectivity index (χ2v) is 9.55. The maximum absolute atomic E-state index is 12.8. The molecule has 0 radical (unpaired) electrons. The molecule has 0 saturated heterocycles. The van der Waals surface area contributed by atoms with Crippen molar-refractivity contribution < 1.29 is 37.1 Å². The molecular formula is C19H38N2O8Si. The molecule has 0 rings (SSSR count). The van der Waals surface area contributed by atoms with Gasteiger partial charge in [-0.3, -0.25) is 4.79 Å². The van der Waals surface area contributed by atoms with Crippen LogP contribution in [0.4, 0.5) is 4.79 Å². The van der Waals surface area contributed by atoms with Crippen LogP contribution in [-0.4, -0.2) is 85.3 Å². The molecule has 0 aliphatic rings. The number of esters is 2. The highest BCUT2D eigenvalue weighted by atomic mass is 28.4. The van der Waals surface area contributed by atoms with Crippen molar-refractivity contribution in [3.63, 3.8) is 0 Å². The van der Waals surface area contributed by atoms with Gasteiger partial charge in [0.2, 0.25) is 0 Å². The smallest absolute Gasteiger partial charge is 0.466 e. The second kappa shape index (κ2) is 16.1. The summed E-state index contributed by atoms with van der Waals surface area (Å²) in [6.07, 6.45) is 1.81. The Labute approximate surface area is 180 Å². The Hall–Kier alpha value is -1.69. The van der Waals surface area contributed by atoms with E-state index in [1.54, 1.807) is 13.8 Å². The van der Waals surface area contributed by atoms with E-state index in [4.69, 9.17) is 22.8 Å². The normalized spacial score (nSPS) is 12.2. The number of unbranched alkanes of at least 4 members (excludes halogenated alkanes) is 1. The molecule has 1 N–H and O–H groups in total. The molecule has 1 unspecified atom stereocenters. The van der Waals surface area contributed by atoms with Crippen LogP contribution in [0.1, 0.15) is 46.5 Å². The van der Waals surface area contributed by atoms with Gasteiger partial charge in [-0.2, -0.15) is 0 Å². The number of rotatable bonds is 16. The van der Waals surface area contributed by atoms with E-state index < -0.39 is 32.8 Å². The van der Waals surface area contributed by atoms with Gasteiger partial charge in [-0.15, -0.1) is 0 Å². The average Bonchev–Trinajstić information content (AvgIpc) is 2.74. The van der Waals surface area contributed by atoms with E-state index in [1.807, 2.05) is 6.92 Å². The first-order chi connectivity index (χ1) is 14.3. The van der Waals surface area contributed by atoms with E-state index in [0.717, 1.165) is 6.42 Å². The number of hydrogen-bond donors (Lipinski definition) is 1. The summed E-state index contributed by atoms with van der Waals surface area (Å²) in [5.74, 6) is -1.18. The zero-order valence-corrected chi connectivity index (χ0v) is 20.2. The largest absolute Gasteiger partial charge is 0.500 e. The standard InChI is InChI=1S/C19H38N2O8Si/c1-7-10-13-21(16(18(23)29-9-3)15-17(22)28-8-2)19(24)20-12-11-14-30(25-4,26-5)27-6/h16H,7-15H2,1-6H3,(H,20,24). The Balaban J connectivity index is 5.17. The second-order valence-electron chi connectivity index (χ2n) is 6.45. The van der Waals surface area contributed by atoms with Gasteiger partial charge >= 0.3 is 26.8 Å². The van der Waals surface area contributed by atoms with Crippen LogP contribution in [0.5, 0.6) is 0 Å². The van der Waals surface area contributed by atoms with Crippen LogP contribution in [0.15, 0.2) is 0 Å². The van der Waals surface area contributed by atoms with Gasteiger partial charge in [0.1, 0.15) is 6.04 Å². The van der Waals surface area contributed by atoms with Crippen LogP contribution < -0.4 is 5.32 Å². The van der Waals surface area contributed by atoms with Crippen molar-refractivity contribution in [2.45, 2.75) is 58.5 Å². The Morgan fingerprint density at radius 1 is 0.933 bits per heavy atom. The predicted octanol–water partition coefficient (Wildman–Crippen LogP) is 1.95. The Bertz CT molecular complexity index is 508. The highest BCUT2D eigenvalue weighted by molar-refractivity contribution is 6.60. The number of carbonyl (C=O) groups is 3. The molecule has 176 valence electrons. The fraction of sp³-hybridized carbons (Fsp3) is 0.842. The Kier molecular flexibility index (Phi) is 15.2. The molecule has 0 spiro atoms. The Morgan fingerprint density at radius 2 is 1.53 bits per heavy atom. The van der Waals surface area contributed by atoms with Crippen molar-refractivity contribution in [3.8, 4) is 0 Å². The molecule has 0 aromatic carbocycles. The lowest BCUT2D eigenvalue weighted by molar-refractivity contribution is -0.155. The molecule has 30 heavy (non-hydrogen) atoms. The van der Waals surface area contributed by atoms with Crippen molar-refractivity contribution in [1.29, 1.82) is 0 Å². The van der Waals surface area contributed by atoms with Gasteiger partial charge < -0.3 is 33.0 Å². The number of carbonyl (C=O) groups excluding carboxylic acids is 3. The van der Waals surface area contributed by atoms with E-state index >= 15 is 0 Å². The number of urea groups is 1. The summed E-state index contributed by atoms with van der Waals surface area (Å²) < 4.78 is 26.2. The number of nitrogens with zero attached hydrogens (tertiary/aromatic N) is 1. The summed E-state index contributed by atoms with van der Waals surface area (Å²) in [7, 11) is 1.87. The molecule has 0 saturated carbocycles. The van der Waals surface area contributed by atoms with Gasteiger partial charge in [0.05, 0.1) is 19.6 Å². The summed E-state index contributed by atoms with van der Waals surface area (Å²) in [5, 5.41) is 2.80. The highest BCUT2D eigenvalue weighted by Crippen LogP contribution is 2.15. The van der Waals surface area contributed by atoms with Gasteiger partial charge in [-0.05, 0) is 26.7 Å². The highest BCUT2D eigenvalue weighted by Gasteiger charge is 2.37. The lowest BCUT2D eigenvalue weighted by atomic mass is 10.1. The first-order valence-electron chi connectivity index (χ1n) is 10.4. The molecule has 0 fully saturated rings. The summed E-state index contributed by atoms with van der Waals surface area (Å²) >= 11 is 0. The van der Waals surface area contributed by atoms with Gasteiger partial charge in [-0.25, -0.2) is 9.59 Å². The number of amides is 2. The summed E-state index contributed by atoms with van der Waals surface area (Å²) in [4.78, 5) is 38.7. The summed E-state index contributed by atoms with van der Waals surface area (Å²) in [6.45, 7) is 6.33. The van der Waals surface area contributed by atoms with Crippen LogP contribution in [0, 0.1) is 0 Å². The first-order valence-corrected chi connectivity index (χ1v) is 12.3. The molecular weight excluding hydrogens is 412 g/mol. The zero-order valence-electron chi connectivity index (χ0n) is 19.2. The van der Waals surface area contributed by atoms with E-state index in [-0.39, 0.29) is 19.6 Å². The van der Waals surface area contributed by atoms with Gasteiger partial charge in [0.25, 0.3) is 0 Å². The fourth-order valence-electron chi connectivity index (χ4n) is 2.82. The van der Waals surface area contributed by atoms with E-state index in [0.29, 0.717) is 32.0 Å². The Morgan fingerprint density at radius 3 is 2.03 bits per heavy atom. The third kappa shape index (κ3) is 9.87. The minimum absolute atomic E-state index is 0.152. The molecule has 0 bridgehead atoms. The predicted molar refractivity (Wildman–Crippen MR) is 113 cm³/mol. The van der Waals surface area contributed by atoms with Crippen LogP contribution in [0.25, 0.3) is 0 Å². The SMILES string of the molecule is CCCCN(C(=O)NCCC[Si](OC)(OC)OC)C(CC(=O)OCC)C(=O)OCC. The van der Waals surface area contributed by atoms with E-state index in [1.165, 1.54) is 26.2 Å². The topological polar surface area (TPSA) is 113 Å². The molecule has 0 aliphatic carbocycles. The molecule has 0 aromatic rings. The van der Waals surface area contributed by atoms with Crippen LogP contribution >= 0.6 is 0 Å². The lowest BCUT2D eigenvalue weighted by Crippen LogP contribution is -2.52. The van der Waals surface area contributed by atoms with E-state index in [9.17, 15) is 14.4 Å². The molecule has 0 aliphatic heterocycles. The van der Waals surface area contributed by atoms with E-state index in [2.05, 4.69) is 5.32 Å². The minimum Gasteiger partial charge on any atom is -0.466 e. The number of hydrogen-bond acceptors (Lipinski definition) is 8. The van der Waals surface area contributed by atoms with Gasteiger partial charge in [-0.1, -0.05) is 13.3 Å². The van der Waals surface area contributed by atoms with Crippen molar-refractivity contribution >= 4 is 26.8 Å². The maximum Gasteiger partial charge on any atom is 0.500 e. The maximum atomic E-state index is 12.8. The van der Waals surface area contributed by atoms with Crippen LogP contribution in [0.2, 0.25) is 6.04 Å². The van der Waals surface area contributed by atoms with Crippen molar-refractivity contribution in [2.24, 2.45) is 0 Å². The van der Waals surface area contributed by atoms with Gasteiger partial charge in [0.15, 0.2) is 0 Å². The van der Waals surface area contributed by atoms with Gasteiger partial charge in [0, 0.05) is 40.5 Å². The molecule has 0 aromatic heterocycles. The summed E-state index contributed by atoms with van der Waals surface area (Å²) in [6, 6.07) is -0.957. The van der Waals surface area contributed by atoms with Crippen molar-refractivity contribution in [3.05, 3.63) is 0 Å². The minimum atomic E-state index is -2.72. The summed E-state index contributed by atoms with van der Waals surface area (Å²) in [5.41, 5.74) is 0. The number of ether oxygens (including phenoxy) is 2. The molecule has 11 heteroatoms. The molecule has 0 heterocycles. The zero-order chi connectivity index (χ0) is 23.0. The third-order valence-electron chi connectivity index (χ3n) is 4.48. The lowest BCUT2D eigenvalue weighted by Gasteiger charge is -2.30. The first kappa shape index (κ1) is 28.3. The number of nitrogens with one attached hydrogen (secondary N) is 1.